The summed E-state index contributed by atoms with van der Waals surface area (Å²) < 4.78 is 0. The van der Waals surface area contributed by atoms with Gasteiger partial charge in [-0.15, -0.1) is 11.3 Å². The summed E-state index contributed by atoms with van der Waals surface area (Å²) >= 11 is 1.89. The highest BCUT2D eigenvalue weighted by Gasteiger charge is 2.26. The second kappa shape index (κ2) is 6.11. The Morgan fingerprint density at radius 3 is 2.70 bits per heavy atom. The Labute approximate surface area is 126 Å². The minimum Gasteiger partial charge on any atom is -0.309 e. The number of nitrogens with one attached hydrogen (secondary N) is 1. The van der Waals surface area contributed by atoms with Crippen molar-refractivity contribution in [1.82, 2.24) is 5.32 Å². The van der Waals surface area contributed by atoms with Crippen molar-refractivity contribution >= 4 is 11.3 Å². The predicted molar refractivity (Wildman–Crippen MR) is 87.6 cm³/mol. The molecule has 106 valence electrons. The molecule has 1 N–H and O–H groups in total. The third-order valence-electron chi connectivity index (χ3n) is 4.56. The van der Waals surface area contributed by atoms with Crippen LogP contribution in [0.1, 0.15) is 59.7 Å². The Bertz CT molecular complexity index is 568. The van der Waals surface area contributed by atoms with Crippen LogP contribution in [0.15, 0.2) is 35.7 Å². The molecule has 1 aliphatic carbocycles. The van der Waals surface area contributed by atoms with E-state index in [9.17, 15) is 0 Å². The Morgan fingerprint density at radius 1 is 1.25 bits per heavy atom. The third-order valence-corrected chi connectivity index (χ3v) is 5.59. The molecule has 0 bridgehead atoms. The lowest BCUT2D eigenvalue weighted by atomic mass is 9.77. The maximum Gasteiger partial charge on any atom is 0.0674 e. The van der Waals surface area contributed by atoms with E-state index in [1.54, 1.807) is 5.56 Å². The highest BCUT2D eigenvalue weighted by molar-refractivity contribution is 7.10. The van der Waals surface area contributed by atoms with Crippen molar-refractivity contribution in [2.24, 2.45) is 0 Å². The zero-order chi connectivity index (χ0) is 13.9. The Hall–Kier alpha value is -1.12. The Morgan fingerprint density at radius 2 is 2.05 bits per heavy atom. The molecule has 0 amide bonds. The first-order valence-corrected chi connectivity index (χ1v) is 8.55. The predicted octanol–water partition coefficient (Wildman–Crippen LogP) is 4.89. The highest BCUT2D eigenvalue weighted by Crippen LogP contribution is 2.41. The lowest BCUT2D eigenvalue weighted by Crippen LogP contribution is -2.21. The molecule has 1 aliphatic rings. The van der Waals surface area contributed by atoms with E-state index in [0.717, 1.165) is 12.3 Å². The van der Waals surface area contributed by atoms with Crippen LogP contribution in [0.2, 0.25) is 0 Å². The molecule has 3 rings (SSSR count). The van der Waals surface area contributed by atoms with Crippen LogP contribution in [0.5, 0.6) is 0 Å². The van der Waals surface area contributed by atoms with Gasteiger partial charge >= 0.3 is 0 Å². The average molecular weight is 285 g/mol. The number of benzene rings is 1. The molecule has 0 radical (unpaired) electrons. The van der Waals surface area contributed by atoms with E-state index in [2.05, 4.69) is 55.0 Å². The zero-order valence-electron chi connectivity index (χ0n) is 12.4. The summed E-state index contributed by atoms with van der Waals surface area (Å²) in [7, 11) is 2.08. The van der Waals surface area contributed by atoms with Gasteiger partial charge in [0.1, 0.15) is 0 Å². The molecule has 1 unspecified atom stereocenters. The highest BCUT2D eigenvalue weighted by atomic mass is 32.1. The number of thiophene rings is 1. The first-order valence-electron chi connectivity index (χ1n) is 7.67. The van der Waals surface area contributed by atoms with Crippen molar-refractivity contribution in [3.05, 3.63) is 57.3 Å². The van der Waals surface area contributed by atoms with Crippen molar-refractivity contribution in [2.45, 2.75) is 44.6 Å². The van der Waals surface area contributed by atoms with Gasteiger partial charge in [-0.05, 0) is 60.4 Å². The van der Waals surface area contributed by atoms with Gasteiger partial charge in [0.2, 0.25) is 0 Å². The lowest BCUT2D eigenvalue weighted by molar-refractivity contribution is 0.415. The fourth-order valence-corrected chi connectivity index (χ4v) is 4.31. The smallest absolute Gasteiger partial charge is 0.0674 e. The van der Waals surface area contributed by atoms with Gasteiger partial charge in [-0.2, -0.15) is 0 Å². The van der Waals surface area contributed by atoms with E-state index in [-0.39, 0.29) is 0 Å². The zero-order valence-corrected chi connectivity index (χ0v) is 13.2. The molecule has 0 spiro atoms. The molecule has 0 aliphatic heterocycles. The van der Waals surface area contributed by atoms with Crippen LogP contribution in [-0.4, -0.2) is 7.05 Å². The first-order chi connectivity index (χ1) is 9.85. The fraction of sp³-hybridized carbons (Fsp3) is 0.444. The van der Waals surface area contributed by atoms with E-state index < -0.39 is 0 Å². The molecule has 1 aromatic heterocycles. The number of hydrogen-bond donors (Lipinski definition) is 1. The van der Waals surface area contributed by atoms with E-state index >= 15 is 0 Å². The second-order valence-electron chi connectivity index (χ2n) is 5.64. The topological polar surface area (TPSA) is 12.0 Å². The molecule has 1 nitrogen and oxygen atoms in total. The molecule has 0 saturated heterocycles. The van der Waals surface area contributed by atoms with E-state index in [0.29, 0.717) is 6.04 Å². The van der Waals surface area contributed by atoms with Crippen LogP contribution in [-0.2, 0) is 6.42 Å². The van der Waals surface area contributed by atoms with Gasteiger partial charge in [-0.25, -0.2) is 0 Å². The molecule has 1 aromatic carbocycles. The molecule has 1 saturated carbocycles. The lowest BCUT2D eigenvalue weighted by Gasteiger charge is -2.30. The van der Waals surface area contributed by atoms with Gasteiger partial charge in [0, 0.05) is 4.88 Å². The number of aryl methyl sites for hydroxylation is 1. The van der Waals surface area contributed by atoms with Crippen molar-refractivity contribution < 1.29 is 0 Å². The van der Waals surface area contributed by atoms with Gasteiger partial charge < -0.3 is 5.32 Å². The van der Waals surface area contributed by atoms with Crippen LogP contribution < -0.4 is 5.32 Å². The van der Waals surface area contributed by atoms with Crippen LogP contribution in [0.25, 0.3) is 0 Å². The minimum absolute atomic E-state index is 0.349. The summed E-state index contributed by atoms with van der Waals surface area (Å²) in [5, 5.41) is 5.78. The van der Waals surface area contributed by atoms with Gasteiger partial charge in [0.05, 0.1) is 6.04 Å². The molecular formula is C18H23NS. The number of hydrogen-bond acceptors (Lipinski definition) is 2. The molecule has 1 fully saturated rings. The fourth-order valence-electron chi connectivity index (χ4n) is 3.19. The van der Waals surface area contributed by atoms with E-state index in [4.69, 9.17) is 0 Å². The maximum atomic E-state index is 3.55. The van der Waals surface area contributed by atoms with Crippen LogP contribution in [0.4, 0.5) is 0 Å². The largest absolute Gasteiger partial charge is 0.309 e. The van der Waals surface area contributed by atoms with Crippen LogP contribution in [0, 0.1) is 0 Å². The van der Waals surface area contributed by atoms with Crippen molar-refractivity contribution in [3.63, 3.8) is 0 Å². The molecular weight excluding hydrogens is 262 g/mol. The van der Waals surface area contributed by atoms with Gasteiger partial charge in [0.15, 0.2) is 0 Å². The minimum atomic E-state index is 0.349. The molecule has 2 aromatic rings. The quantitative estimate of drug-likeness (QED) is 0.825. The standard InChI is InChI=1S/C18H23NS/c1-3-13-11-12-20-18(13)17(19-2)16-10-5-4-9-15(16)14-7-6-8-14/h4-5,9-12,14,17,19H,3,6-8H2,1-2H3. The summed E-state index contributed by atoms with van der Waals surface area (Å²) in [6, 6.07) is 11.6. The summed E-state index contributed by atoms with van der Waals surface area (Å²) in [5.74, 6) is 0.784. The summed E-state index contributed by atoms with van der Waals surface area (Å²) in [5.41, 5.74) is 4.53. The third kappa shape index (κ3) is 2.43. The van der Waals surface area contributed by atoms with Gasteiger partial charge in [0.25, 0.3) is 0 Å². The molecule has 1 atom stereocenters. The summed E-state index contributed by atoms with van der Waals surface area (Å²) in [6.45, 7) is 2.25. The molecule has 1 heterocycles. The Kier molecular flexibility index (Phi) is 4.23. The summed E-state index contributed by atoms with van der Waals surface area (Å²) in [4.78, 5) is 1.49. The molecule has 20 heavy (non-hydrogen) atoms. The van der Waals surface area contributed by atoms with Crippen LogP contribution >= 0.6 is 11.3 Å². The van der Waals surface area contributed by atoms with Crippen molar-refractivity contribution in [2.75, 3.05) is 7.05 Å². The van der Waals surface area contributed by atoms with Gasteiger partial charge in [-0.1, -0.05) is 37.6 Å². The van der Waals surface area contributed by atoms with Crippen molar-refractivity contribution in [1.29, 1.82) is 0 Å². The molecule has 2 heteroatoms. The van der Waals surface area contributed by atoms with Crippen molar-refractivity contribution in [3.8, 4) is 0 Å². The van der Waals surface area contributed by atoms with E-state index in [1.807, 2.05) is 11.3 Å². The second-order valence-corrected chi connectivity index (χ2v) is 6.59. The van der Waals surface area contributed by atoms with Gasteiger partial charge in [-0.3, -0.25) is 0 Å². The monoisotopic (exact) mass is 285 g/mol. The maximum absolute atomic E-state index is 3.55. The first kappa shape index (κ1) is 13.8. The Balaban J connectivity index is 2.01. The van der Waals surface area contributed by atoms with E-state index in [1.165, 1.54) is 35.3 Å². The average Bonchev–Trinajstić information content (AvgIpc) is 2.88. The number of rotatable bonds is 5. The SMILES string of the molecule is CCc1ccsc1C(NC)c1ccccc1C1CCC1. The summed E-state index contributed by atoms with van der Waals surface area (Å²) in [6.07, 6.45) is 5.22. The van der Waals surface area contributed by atoms with Crippen LogP contribution in [0.3, 0.4) is 0 Å². The normalized spacial score (nSPS) is 16.9.